The molecule has 0 saturated heterocycles. The lowest BCUT2D eigenvalue weighted by molar-refractivity contribution is -0.123. The van der Waals surface area contributed by atoms with Crippen molar-refractivity contribution in [3.63, 3.8) is 0 Å². The van der Waals surface area contributed by atoms with Gasteiger partial charge in [0, 0.05) is 13.1 Å². The summed E-state index contributed by atoms with van der Waals surface area (Å²) in [6, 6.07) is -0.637. The Morgan fingerprint density at radius 3 is 2.19 bits per heavy atom. The summed E-state index contributed by atoms with van der Waals surface area (Å²) in [5, 5.41) is 7.78. The average molecular weight is 303 g/mol. The van der Waals surface area contributed by atoms with Crippen molar-refractivity contribution in [3.05, 3.63) is 0 Å². The van der Waals surface area contributed by atoms with Gasteiger partial charge in [0.05, 0.1) is 14.2 Å². The molecule has 21 heavy (non-hydrogen) atoms. The van der Waals surface area contributed by atoms with Gasteiger partial charge in [-0.1, -0.05) is 6.92 Å². The summed E-state index contributed by atoms with van der Waals surface area (Å²) in [7, 11) is 2.54. The Morgan fingerprint density at radius 2 is 1.62 bits per heavy atom. The number of rotatable bonds is 9. The van der Waals surface area contributed by atoms with Crippen molar-refractivity contribution < 1.29 is 23.9 Å². The first kappa shape index (κ1) is 19.0. The van der Waals surface area contributed by atoms with E-state index in [2.05, 4.69) is 25.4 Å². The van der Waals surface area contributed by atoms with Crippen LogP contribution in [0.1, 0.15) is 32.6 Å². The topological polar surface area (TPSA) is 106 Å². The van der Waals surface area contributed by atoms with Crippen molar-refractivity contribution in [2.45, 2.75) is 38.6 Å². The van der Waals surface area contributed by atoms with Crippen molar-refractivity contribution in [2.75, 3.05) is 27.3 Å². The SMILES string of the molecule is CCCNC(=O)[C@H](CCCCNC(=O)OC)NC(=O)OC. The Morgan fingerprint density at radius 1 is 0.952 bits per heavy atom. The van der Waals surface area contributed by atoms with Gasteiger partial charge in [-0.25, -0.2) is 9.59 Å². The number of unbranched alkanes of at least 4 members (excludes halogenated alkanes) is 1. The number of carbonyl (C=O) groups excluding carboxylic acids is 3. The molecule has 0 radical (unpaired) electrons. The molecule has 8 heteroatoms. The average Bonchev–Trinajstić information content (AvgIpc) is 2.50. The van der Waals surface area contributed by atoms with E-state index in [4.69, 9.17) is 0 Å². The summed E-state index contributed by atoms with van der Waals surface area (Å²) in [4.78, 5) is 34.0. The maximum Gasteiger partial charge on any atom is 0.407 e. The van der Waals surface area contributed by atoms with E-state index >= 15 is 0 Å². The minimum atomic E-state index is -0.640. The molecule has 0 fully saturated rings. The zero-order chi connectivity index (χ0) is 16.1. The maximum atomic E-state index is 11.9. The van der Waals surface area contributed by atoms with Crippen molar-refractivity contribution >= 4 is 18.1 Å². The summed E-state index contributed by atoms with van der Waals surface area (Å²) in [5.41, 5.74) is 0. The predicted octanol–water partition coefficient (Wildman–Crippen LogP) is 0.764. The molecule has 3 N–H and O–H groups in total. The van der Waals surface area contributed by atoms with Crippen LogP contribution in [0, 0.1) is 0 Å². The summed E-state index contributed by atoms with van der Waals surface area (Å²) in [6.07, 6.45) is 1.50. The van der Waals surface area contributed by atoms with Crippen LogP contribution in [0.5, 0.6) is 0 Å². The lowest BCUT2D eigenvalue weighted by Gasteiger charge is -2.17. The standard InChI is InChI=1S/C13H25N3O5/c1-4-8-14-11(17)10(16-13(19)21-3)7-5-6-9-15-12(18)20-2/h10H,4-9H2,1-3H3,(H,14,17)(H,15,18)(H,16,19)/t10-/m0/s1. The minimum absolute atomic E-state index is 0.233. The van der Waals surface area contributed by atoms with E-state index in [0.717, 1.165) is 6.42 Å². The largest absolute Gasteiger partial charge is 0.453 e. The van der Waals surface area contributed by atoms with Crippen molar-refractivity contribution in [2.24, 2.45) is 0 Å². The first-order valence-corrected chi connectivity index (χ1v) is 6.99. The second-order valence-electron chi connectivity index (χ2n) is 4.39. The fraction of sp³-hybridized carbons (Fsp3) is 0.769. The van der Waals surface area contributed by atoms with Crippen LogP contribution < -0.4 is 16.0 Å². The van der Waals surface area contributed by atoms with Crippen molar-refractivity contribution in [3.8, 4) is 0 Å². The zero-order valence-electron chi connectivity index (χ0n) is 12.9. The van der Waals surface area contributed by atoms with E-state index in [0.29, 0.717) is 32.4 Å². The number of methoxy groups -OCH3 is 2. The first-order valence-electron chi connectivity index (χ1n) is 6.99. The van der Waals surface area contributed by atoms with E-state index in [1.165, 1.54) is 14.2 Å². The highest BCUT2D eigenvalue weighted by molar-refractivity contribution is 5.85. The van der Waals surface area contributed by atoms with Gasteiger partial charge in [0.2, 0.25) is 5.91 Å². The van der Waals surface area contributed by atoms with Crippen LogP contribution >= 0.6 is 0 Å². The van der Waals surface area contributed by atoms with Gasteiger partial charge in [-0.2, -0.15) is 0 Å². The van der Waals surface area contributed by atoms with Gasteiger partial charge in [-0.05, 0) is 25.7 Å². The number of amides is 3. The van der Waals surface area contributed by atoms with Gasteiger partial charge in [0.25, 0.3) is 0 Å². The van der Waals surface area contributed by atoms with Crippen molar-refractivity contribution in [1.29, 1.82) is 0 Å². The Kier molecular flexibility index (Phi) is 10.7. The van der Waals surface area contributed by atoms with E-state index in [1.807, 2.05) is 6.92 Å². The molecule has 0 bridgehead atoms. The molecule has 0 aromatic rings. The quantitative estimate of drug-likeness (QED) is 0.545. The number of carbonyl (C=O) groups is 3. The normalized spacial score (nSPS) is 11.2. The lowest BCUT2D eigenvalue weighted by Crippen LogP contribution is -2.46. The molecule has 0 aromatic carbocycles. The van der Waals surface area contributed by atoms with E-state index < -0.39 is 18.2 Å². The highest BCUT2D eigenvalue weighted by Gasteiger charge is 2.20. The van der Waals surface area contributed by atoms with E-state index in [9.17, 15) is 14.4 Å². The predicted molar refractivity (Wildman–Crippen MR) is 76.9 cm³/mol. The Labute approximate surface area is 124 Å². The second kappa shape index (κ2) is 11.8. The summed E-state index contributed by atoms with van der Waals surface area (Å²) in [6.45, 7) is 2.96. The Hall–Kier alpha value is -1.99. The highest BCUT2D eigenvalue weighted by atomic mass is 16.5. The molecule has 0 unspecified atom stereocenters. The molecule has 0 rings (SSSR count). The molecule has 0 aliphatic rings. The number of nitrogens with one attached hydrogen (secondary N) is 3. The smallest absolute Gasteiger partial charge is 0.407 e. The first-order chi connectivity index (χ1) is 10.0. The number of alkyl carbamates (subject to hydrolysis) is 2. The van der Waals surface area contributed by atoms with Crippen LogP contribution in [-0.2, 0) is 14.3 Å². The number of ether oxygens (including phenoxy) is 2. The fourth-order valence-electron chi connectivity index (χ4n) is 1.58. The maximum absolute atomic E-state index is 11.9. The zero-order valence-corrected chi connectivity index (χ0v) is 12.9. The van der Waals surface area contributed by atoms with Gasteiger partial charge in [-0.15, -0.1) is 0 Å². The summed E-state index contributed by atoms with van der Waals surface area (Å²) in [5.74, 6) is -0.233. The third-order valence-electron chi connectivity index (χ3n) is 2.72. The molecule has 0 aromatic heterocycles. The molecule has 0 aliphatic carbocycles. The van der Waals surface area contributed by atoms with Crippen LogP contribution in [0.4, 0.5) is 9.59 Å². The lowest BCUT2D eigenvalue weighted by atomic mass is 10.1. The van der Waals surface area contributed by atoms with Gasteiger partial charge in [0.15, 0.2) is 0 Å². The van der Waals surface area contributed by atoms with Gasteiger partial charge < -0.3 is 25.4 Å². The Balaban J connectivity index is 4.12. The number of hydrogen-bond donors (Lipinski definition) is 3. The molecule has 0 saturated carbocycles. The fourth-order valence-corrected chi connectivity index (χ4v) is 1.58. The molecule has 8 nitrogen and oxygen atoms in total. The van der Waals surface area contributed by atoms with Gasteiger partial charge in [0.1, 0.15) is 6.04 Å². The Bertz CT molecular complexity index is 336. The highest BCUT2D eigenvalue weighted by Crippen LogP contribution is 2.02. The van der Waals surface area contributed by atoms with E-state index in [-0.39, 0.29) is 5.91 Å². The molecule has 0 aliphatic heterocycles. The van der Waals surface area contributed by atoms with Gasteiger partial charge >= 0.3 is 12.2 Å². The molecule has 122 valence electrons. The molecular formula is C13H25N3O5. The summed E-state index contributed by atoms with van der Waals surface area (Å²) < 4.78 is 8.95. The number of hydrogen-bond acceptors (Lipinski definition) is 5. The molecule has 3 amide bonds. The van der Waals surface area contributed by atoms with Gasteiger partial charge in [-0.3, -0.25) is 4.79 Å². The van der Waals surface area contributed by atoms with Crippen LogP contribution in [0.25, 0.3) is 0 Å². The van der Waals surface area contributed by atoms with Crippen molar-refractivity contribution in [1.82, 2.24) is 16.0 Å². The van der Waals surface area contributed by atoms with Crippen LogP contribution in [0.2, 0.25) is 0 Å². The van der Waals surface area contributed by atoms with Crippen LogP contribution in [0.3, 0.4) is 0 Å². The minimum Gasteiger partial charge on any atom is -0.453 e. The molecule has 0 heterocycles. The monoisotopic (exact) mass is 303 g/mol. The summed E-state index contributed by atoms with van der Waals surface area (Å²) >= 11 is 0. The molecule has 1 atom stereocenters. The third-order valence-corrected chi connectivity index (χ3v) is 2.72. The molecular weight excluding hydrogens is 278 g/mol. The molecule has 0 spiro atoms. The van der Waals surface area contributed by atoms with Crippen LogP contribution in [-0.4, -0.2) is 51.4 Å². The second-order valence-corrected chi connectivity index (χ2v) is 4.39. The van der Waals surface area contributed by atoms with E-state index in [1.54, 1.807) is 0 Å². The third kappa shape index (κ3) is 9.53. The van der Waals surface area contributed by atoms with Crippen LogP contribution in [0.15, 0.2) is 0 Å².